The summed E-state index contributed by atoms with van der Waals surface area (Å²) in [5.74, 6) is -2.49. The molecule has 1 aliphatic rings. The third kappa shape index (κ3) is 2.72. The summed E-state index contributed by atoms with van der Waals surface area (Å²) in [5, 5.41) is 45.6. The average Bonchev–Trinajstić information content (AvgIpc) is 2.48. The molecule has 0 aromatic carbocycles. The Bertz CT molecular complexity index is 308. The van der Waals surface area contributed by atoms with Crippen molar-refractivity contribution >= 4 is 11.9 Å². The molecule has 98 valence electrons. The number of carbonyl (C=O) groups is 2. The lowest BCUT2D eigenvalue weighted by Gasteiger charge is -2.26. The highest BCUT2D eigenvalue weighted by Crippen LogP contribution is 2.25. The minimum atomic E-state index is -1.54. The Morgan fingerprint density at radius 1 is 1.12 bits per heavy atom. The second kappa shape index (κ2) is 5.41. The van der Waals surface area contributed by atoms with Crippen LogP contribution in [0.4, 0.5) is 0 Å². The predicted molar refractivity (Wildman–Crippen MR) is 53.3 cm³/mol. The van der Waals surface area contributed by atoms with Gasteiger partial charge in [0.15, 0.2) is 0 Å². The number of aliphatic hydroxyl groups excluding tert-OH is 3. The van der Waals surface area contributed by atoms with E-state index in [0.29, 0.717) is 0 Å². The fraction of sp³-hybridized carbons (Fsp3) is 0.778. The van der Waals surface area contributed by atoms with Crippen molar-refractivity contribution in [2.45, 2.75) is 30.7 Å². The number of carboxylic acid groups (broad SMARTS) is 2. The van der Waals surface area contributed by atoms with Crippen LogP contribution in [0.2, 0.25) is 0 Å². The van der Waals surface area contributed by atoms with Crippen molar-refractivity contribution in [3.63, 3.8) is 0 Å². The summed E-state index contributed by atoms with van der Waals surface area (Å²) in [7, 11) is 0. The van der Waals surface area contributed by atoms with E-state index in [1.54, 1.807) is 0 Å². The first-order valence-corrected chi connectivity index (χ1v) is 5.07. The molecule has 8 heteroatoms. The normalized spacial score (nSPS) is 33.8. The quantitative estimate of drug-likeness (QED) is 0.355. The van der Waals surface area contributed by atoms with E-state index in [1.807, 2.05) is 0 Å². The highest BCUT2D eigenvalue weighted by Gasteiger charge is 2.50. The maximum Gasteiger partial charge on any atom is 0.323 e. The number of carboxylic acids is 2. The molecule has 0 aliphatic carbocycles. The molecular formula is C9H15NO7. The lowest BCUT2D eigenvalue weighted by atomic mass is 10.1. The van der Waals surface area contributed by atoms with Gasteiger partial charge in [-0.1, -0.05) is 0 Å². The Hall–Kier alpha value is -1.22. The lowest BCUT2D eigenvalue weighted by Crippen LogP contribution is -2.46. The summed E-state index contributed by atoms with van der Waals surface area (Å²) < 4.78 is 0. The minimum Gasteiger partial charge on any atom is -0.481 e. The number of likely N-dealkylation sites (tertiary alicyclic amines) is 1. The first kappa shape index (κ1) is 13.8. The van der Waals surface area contributed by atoms with Gasteiger partial charge in [0.1, 0.15) is 12.1 Å². The zero-order chi connectivity index (χ0) is 13.2. The van der Waals surface area contributed by atoms with Crippen LogP contribution in [0.5, 0.6) is 0 Å². The van der Waals surface area contributed by atoms with Gasteiger partial charge >= 0.3 is 11.9 Å². The van der Waals surface area contributed by atoms with Crippen LogP contribution < -0.4 is 0 Å². The fourth-order valence-corrected chi connectivity index (χ4v) is 2.04. The highest BCUT2D eigenvalue weighted by atomic mass is 16.4. The van der Waals surface area contributed by atoms with E-state index in [9.17, 15) is 19.8 Å². The monoisotopic (exact) mass is 249 g/mol. The van der Waals surface area contributed by atoms with Crippen LogP contribution in [0.1, 0.15) is 6.42 Å². The fourth-order valence-electron chi connectivity index (χ4n) is 2.04. The molecule has 1 rings (SSSR count). The van der Waals surface area contributed by atoms with Gasteiger partial charge in [0, 0.05) is 6.54 Å². The molecule has 0 saturated carbocycles. The van der Waals surface area contributed by atoms with Gasteiger partial charge in [0.2, 0.25) is 0 Å². The van der Waals surface area contributed by atoms with Gasteiger partial charge < -0.3 is 25.5 Å². The Morgan fingerprint density at radius 3 is 2.12 bits per heavy atom. The summed E-state index contributed by atoms with van der Waals surface area (Å²) in [4.78, 5) is 22.5. The van der Waals surface area contributed by atoms with Crippen LogP contribution in [0.25, 0.3) is 0 Å². The van der Waals surface area contributed by atoms with Crippen LogP contribution in [0.15, 0.2) is 0 Å². The second-order valence-corrected chi connectivity index (χ2v) is 3.90. The lowest BCUT2D eigenvalue weighted by molar-refractivity contribution is -0.147. The molecule has 0 spiro atoms. The zero-order valence-corrected chi connectivity index (χ0v) is 8.93. The van der Waals surface area contributed by atoms with Crippen LogP contribution in [-0.4, -0.2) is 79.8 Å². The third-order valence-corrected chi connectivity index (χ3v) is 2.87. The minimum absolute atomic E-state index is 0.161. The molecule has 4 atom stereocenters. The Labute approximate surface area is 96.7 Å². The molecule has 0 aromatic heterocycles. The van der Waals surface area contributed by atoms with E-state index < -0.39 is 42.8 Å². The molecule has 8 nitrogen and oxygen atoms in total. The third-order valence-electron chi connectivity index (χ3n) is 2.87. The first-order valence-electron chi connectivity index (χ1n) is 5.07. The van der Waals surface area contributed by atoms with Crippen molar-refractivity contribution in [3.8, 4) is 0 Å². The summed E-state index contributed by atoms with van der Waals surface area (Å²) in [6.07, 6.45) is -3.28. The molecule has 1 fully saturated rings. The van der Waals surface area contributed by atoms with Gasteiger partial charge in [0.05, 0.1) is 25.2 Å². The van der Waals surface area contributed by atoms with Crippen molar-refractivity contribution in [2.24, 2.45) is 0 Å². The smallest absolute Gasteiger partial charge is 0.323 e. The maximum absolute atomic E-state index is 10.9. The van der Waals surface area contributed by atoms with Crippen LogP contribution in [-0.2, 0) is 9.59 Å². The Kier molecular flexibility index (Phi) is 4.40. The number of hydrogen-bond donors (Lipinski definition) is 5. The van der Waals surface area contributed by atoms with Crippen molar-refractivity contribution in [1.82, 2.24) is 4.90 Å². The van der Waals surface area contributed by atoms with Gasteiger partial charge in [-0.15, -0.1) is 0 Å². The first-order chi connectivity index (χ1) is 7.90. The van der Waals surface area contributed by atoms with Crippen molar-refractivity contribution < 1.29 is 35.1 Å². The summed E-state index contributed by atoms with van der Waals surface area (Å²) in [5.41, 5.74) is 0. The zero-order valence-electron chi connectivity index (χ0n) is 8.93. The molecular weight excluding hydrogens is 234 g/mol. The number of nitrogens with zero attached hydrogens (tertiary/aromatic N) is 1. The number of rotatable bonds is 5. The van der Waals surface area contributed by atoms with Crippen LogP contribution in [0.3, 0.4) is 0 Å². The topological polar surface area (TPSA) is 139 Å². The van der Waals surface area contributed by atoms with Gasteiger partial charge in [-0.05, 0) is 0 Å². The molecule has 17 heavy (non-hydrogen) atoms. The highest BCUT2D eigenvalue weighted by molar-refractivity contribution is 5.75. The van der Waals surface area contributed by atoms with E-state index in [0.717, 1.165) is 4.90 Å². The van der Waals surface area contributed by atoms with Crippen LogP contribution in [0, 0.1) is 0 Å². The second-order valence-electron chi connectivity index (χ2n) is 3.90. The van der Waals surface area contributed by atoms with Gasteiger partial charge in [-0.2, -0.15) is 0 Å². The number of aliphatic carboxylic acids is 2. The van der Waals surface area contributed by atoms with Crippen molar-refractivity contribution in [2.75, 3.05) is 13.2 Å². The molecule has 0 unspecified atom stereocenters. The molecule has 1 saturated heterocycles. The SMILES string of the molecule is O=C(O)CCN1[C@H](CO)[C@@H](O)[C@H](O)[C@H]1C(=O)O. The van der Waals surface area contributed by atoms with E-state index in [4.69, 9.17) is 15.3 Å². The summed E-state index contributed by atoms with van der Waals surface area (Å²) in [6, 6.07) is -2.37. The van der Waals surface area contributed by atoms with Crippen molar-refractivity contribution in [3.05, 3.63) is 0 Å². The van der Waals surface area contributed by atoms with Crippen molar-refractivity contribution in [1.29, 1.82) is 0 Å². The number of aliphatic hydroxyl groups is 3. The van der Waals surface area contributed by atoms with Crippen LogP contribution >= 0.6 is 0 Å². The molecule has 0 bridgehead atoms. The summed E-state index contributed by atoms with van der Waals surface area (Å²) >= 11 is 0. The number of hydrogen-bond acceptors (Lipinski definition) is 6. The van der Waals surface area contributed by atoms with E-state index in [-0.39, 0.29) is 13.0 Å². The predicted octanol–water partition coefficient (Wildman–Crippen LogP) is -2.69. The molecule has 0 aromatic rings. The van der Waals surface area contributed by atoms with Gasteiger partial charge in [0.25, 0.3) is 0 Å². The van der Waals surface area contributed by atoms with Gasteiger partial charge in [-0.3, -0.25) is 14.5 Å². The maximum atomic E-state index is 10.9. The molecule has 5 N–H and O–H groups in total. The Morgan fingerprint density at radius 2 is 1.71 bits per heavy atom. The van der Waals surface area contributed by atoms with E-state index in [1.165, 1.54) is 0 Å². The molecule has 0 amide bonds. The summed E-state index contributed by atoms with van der Waals surface area (Å²) in [6.45, 7) is -0.715. The molecule has 1 heterocycles. The Balaban J connectivity index is 2.85. The van der Waals surface area contributed by atoms with E-state index in [2.05, 4.69) is 0 Å². The molecule has 0 radical (unpaired) electrons. The molecule has 1 aliphatic heterocycles. The van der Waals surface area contributed by atoms with Gasteiger partial charge in [-0.25, -0.2) is 0 Å². The average molecular weight is 249 g/mol. The largest absolute Gasteiger partial charge is 0.481 e. The standard InChI is InChI=1S/C9H15NO7/c11-3-4-7(14)8(15)6(9(16)17)10(4)2-1-5(12)13/h4,6-8,11,14-15H,1-3H2,(H,12,13)(H,16,17)/t4-,6+,7-,8-/m1/s1. The van der Waals surface area contributed by atoms with E-state index >= 15 is 0 Å².